The van der Waals surface area contributed by atoms with Crippen LogP contribution in [0.25, 0.3) is 0 Å². The summed E-state index contributed by atoms with van der Waals surface area (Å²) in [6.45, 7) is 7.98. The number of nitrogens with zero attached hydrogens (tertiary/aromatic N) is 1. The number of likely N-dealkylation sites (N-methyl/N-ethyl adjacent to an activating group) is 1. The number of ether oxygens (including phenoxy) is 1. The number of benzene rings is 2. The molecule has 4 rings (SSSR count). The summed E-state index contributed by atoms with van der Waals surface area (Å²) in [5.74, 6) is -1.19. The summed E-state index contributed by atoms with van der Waals surface area (Å²) in [7, 11) is 3.37. The number of cyclic esters (lactones) is 1. The molecule has 0 aliphatic carbocycles. The molecule has 1 amide bonds. The van der Waals surface area contributed by atoms with Gasteiger partial charge in [0.1, 0.15) is 11.9 Å². The highest BCUT2D eigenvalue weighted by Crippen LogP contribution is 2.46. The summed E-state index contributed by atoms with van der Waals surface area (Å²) in [5, 5.41) is 13.5. The number of rotatable bonds is 3. The Morgan fingerprint density at radius 1 is 1.09 bits per heavy atom. The second-order valence-corrected chi connectivity index (χ2v) is 9.19. The molecule has 0 saturated carbocycles. The third-order valence-corrected chi connectivity index (χ3v) is 6.40. The minimum absolute atomic E-state index is 0.0791. The van der Waals surface area contributed by atoms with Crippen molar-refractivity contribution in [2.45, 2.75) is 46.1 Å². The van der Waals surface area contributed by atoms with Crippen LogP contribution in [-0.2, 0) is 14.3 Å². The first-order chi connectivity index (χ1) is 15.6. The molecule has 0 spiro atoms. The highest BCUT2D eigenvalue weighted by molar-refractivity contribution is 6.02. The molecule has 172 valence electrons. The molecule has 2 N–H and O–H groups in total. The van der Waals surface area contributed by atoms with Crippen molar-refractivity contribution in [3.05, 3.63) is 86.8 Å². The Morgan fingerprint density at radius 3 is 2.36 bits per heavy atom. The monoisotopic (exact) mass is 446 g/mol. The average molecular weight is 447 g/mol. The number of amides is 1. The molecular weight excluding hydrogens is 416 g/mol. The fourth-order valence-electron chi connectivity index (χ4n) is 5.14. The smallest absolute Gasteiger partial charge is 0.337 e. The van der Waals surface area contributed by atoms with Gasteiger partial charge in [-0.05, 0) is 62.1 Å². The maximum atomic E-state index is 13.5. The molecule has 0 bridgehead atoms. The fourth-order valence-corrected chi connectivity index (χ4v) is 5.14. The Kier molecular flexibility index (Phi) is 5.78. The van der Waals surface area contributed by atoms with Crippen molar-refractivity contribution >= 4 is 11.9 Å². The number of dihydropyridines is 1. The molecule has 2 aliphatic heterocycles. The van der Waals surface area contributed by atoms with E-state index < -0.39 is 18.0 Å². The summed E-state index contributed by atoms with van der Waals surface area (Å²) in [6.07, 6.45) is 0.0788. The van der Waals surface area contributed by atoms with Crippen LogP contribution in [-0.4, -0.2) is 36.0 Å². The molecule has 2 aromatic carbocycles. The van der Waals surface area contributed by atoms with Crippen LogP contribution in [0.1, 0.15) is 53.2 Å². The van der Waals surface area contributed by atoms with E-state index in [1.54, 1.807) is 32.3 Å². The van der Waals surface area contributed by atoms with E-state index in [1.807, 2.05) is 26.8 Å². The molecule has 0 aromatic heterocycles. The summed E-state index contributed by atoms with van der Waals surface area (Å²) in [6, 6.07) is 10.9. The van der Waals surface area contributed by atoms with Crippen LogP contribution in [0, 0.1) is 20.8 Å². The van der Waals surface area contributed by atoms with Crippen LogP contribution in [0.5, 0.6) is 5.75 Å². The topological polar surface area (TPSA) is 78.9 Å². The van der Waals surface area contributed by atoms with Crippen molar-refractivity contribution in [2.75, 3.05) is 14.1 Å². The molecule has 6 heteroatoms. The van der Waals surface area contributed by atoms with Gasteiger partial charge in [0.25, 0.3) is 5.91 Å². The number of hydrogen-bond donors (Lipinski definition) is 2. The average Bonchev–Trinajstić information content (AvgIpc) is 2.71. The molecule has 33 heavy (non-hydrogen) atoms. The Labute approximate surface area is 194 Å². The van der Waals surface area contributed by atoms with Gasteiger partial charge in [0.05, 0.1) is 11.5 Å². The van der Waals surface area contributed by atoms with Gasteiger partial charge in [-0.1, -0.05) is 29.8 Å². The molecule has 0 fully saturated rings. The molecule has 2 unspecified atom stereocenters. The van der Waals surface area contributed by atoms with Crippen molar-refractivity contribution in [3.8, 4) is 5.75 Å². The first kappa shape index (κ1) is 22.6. The van der Waals surface area contributed by atoms with Crippen LogP contribution in [0.3, 0.4) is 0 Å². The van der Waals surface area contributed by atoms with Crippen molar-refractivity contribution in [3.63, 3.8) is 0 Å². The van der Waals surface area contributed by atoms with Gasteiger partial charge in [0.15, 0.2) is 0 Å². The van der Waals surface area contributed by atoms with Gasteiger partial charge in [0.2, 0.25) is 0 Å². The number of nitrogens with one attached hydrogen (secondary N) is 1. The molecule has 2 aliphatic rings. The van der Waals surface area contributed by atoms with Crippen LogP contribution in [0.2, 0.25) is 0 Å². The lowest BCUT2D eigenvalue weighted by Gasteiger charge is -2.38. The maximum absolute atomic E-state index is 13.5. The summed E-state index contributed by atoms with van der Waals surface area (Å²) in [5.41, 5.74) is 7.40. The summed E-state index contributed by atoms with van der Waals surface area (Å²) >= 11 is 0. The van der Waals surface area contributed by atoms with E-state index in [-0.39, 0.29) is 11.7 Å². The predicted molar refractivity (Wildman–Crippen MR) is 127 cm³/mol. The Bertz CT molecular complexity index is 1200. The molecule has 0 saturated heterocycles. The van der Waals surface area contributed by atoms with Crippen molar-refractivity contribution in [2.24, 2.45) is 0 Å². The van der Waals surface area contributed by atoms with Crippen LogP contribution >= 0.6 is 0 Å². The molecule has 2 aromatic rings. The summed E-state index contributed by atoms with van der Waals surface area (Å²) < 4.78 is 6.00. The van der Waals surface area contributed by atoms with Gasteiger partial charge >= 0.3 is 5.97 Å². The van der Waals surface area contributed by atoms with E-state index in [9.17, 15) is 14.7 Å². The van der Waals surface area contributed by atoms with E-state index in [0.717, 1.165) is 22.4 Å². The highest BCUT2D eigenvalue weighted by atomic mass is 16.5. The minimum atomic E-state index is -0.628. The van der Waals surface area contributed by atoms with Crippen LogP contribution in [0.4, 0.5) is 0 Å². The Hall–Kier alpha value is -3.54. The molecule has 6 nitrogen and oxygen atoms in total. The lowest BCUT2D eigenvalue weighted by Crippen LogP contribution is -2.39. The third-order valence-electron chi connectivity index (χ3n) is 6.40. The fraction of sp³-hybridized carbons (Fsp3) is 0.333. The third kappa shape index (κ3) is 4.01. The number of hydrogen-bond acceptors (Lipinski definition) is 5. The zero-order valence-corrected chi connectivity index (χ0v) is 19.9. The zero-order valence-electron chi connectivity index (χ0n) is 19.9. The first-order valence-electron chi connectivity index (χ1n) is 11.1. The van der Waals surface area contributed by atoms with Crippen LogP contribution < -0.4 is 5.32 Å². The lowest BCUT2D eigenvalue weighted by molar-refractivity contribution is -0.146. The van der Waals surface area contributed by atoms with E-state index in [1.165, 1.54) is 10.5 Å². The number of carbonyl (C=O) groups is 2. The largest absolute Gasteiger partial charge is 0.508 e. The standard InChI is InChI=1S/C27H30N2O4/c1-14-10-15(2)22(16(3)11-14)21-13-20-25(27(32)33-21)24(18-8-7-9-19(30)12-18)23(17(4)28-20)26(31)29(5)6/h7-12,21,24,28,30H,13H2,1-6H3. The number of esters is 1. The number of allylic oxidation sites excluding steroid dienone is 1. The van der Waals surface area contributed by atoms with E-state index >= 15 is 0 Å². The predicted octanol–water partition coefficient (Wildman–Crippen LogP) is 4.31. The van der Waals surface area contributed by atoms with E-state index in [0.29, 0.717) is 28.8 Å². The van der Waals surface area contributed by atoms with Gasteiger partial charge in [-0.2, -0.15) is 0 Å². The van der Waals surface area contributed by atoms with Gasteiger partial charge < -0.3 is 20.1 Å². The normalized spacial score (nSPS) is 20.2. The maximum Gasteiger partial charge on any atom is 0.337 e. The number of carbonyl (C=O) groups excluding carboxylic acids is 2. The highest BCUT2D eigenvalue weighted by Gasteiger charge is 2.43. The summed E-state index contributed by atoms with van der Waals surface area (Å²) in [4.78, 5) is 28.1. The van der Waals surface area contributed by atoms with E-state index in [4.69, 9.17) is 4.74 Å². The SMILES string of the molecule is CC1=C(C(=O)N(C)C)C(c2cccc(O)c2)C2=C(CC(c3c(C)cc(C)cc3C)OC2=O)N1. The second-order valence-electron chi connectivity index (χ2n) is 9.19. The molecule has 0 radical (unpaired) electrons. The van der Waals surface area contributed by atoms with Gasteiger partial charge in [0, 0.05) is 37.5 Å². The second kappa shape index (κ2) is 8.43. The molecule has 2 heterocycles. The van der Waals surface area contributed by atoms with E-state index in [2.05, 4.69) is 24.4 Å². The Balaban J connectivity index is 1.84. The lowest BCUT2D eigenvalue weighted by atomic mass is 9.77. The quantitative estimate of drug-likeness (QED) is 0.687. The van der Waals surface area contributed by atoms with Gasteiger partial charge in [-0.3, -0.25) is 4.79 Å². The number of aryl methyl sites for hydroxylation is 3. The van der Waals surface area contributed by atoms with Crippen molar-refractivity contribution in [1.82, 2.24) is 10.2 Å². The van der Waals surface area contributed by atoms with Gasteiger partial charge in [-0.15, -0.1) is 0 Å². The van der Waals surface area contributed by atoms with Crippen molar-refractivity contribution in [1.29, 1.82) is 0 Å². The first-order valence-corrected chi connectivity index (χ1v) is 11.1. The van der Waals surface area contributed by atoms with Crippen LogP contribution in [0.15, 0.2) is 58.9 Å². The minimum Gasteiger partial charge on any atom is -0.508 e. The molecular formula is C27H30N2O4. The molecule has 2 atom stereocenters. The van der Waals surface area contributed by atoms with Gasteiger partial charge in [-0.25, -0.2) is 4.79 Å². The number of phenolic OH excluding ortho intramolecular Hbond substituents is 1. The van der Waals surface area contributed by atoms with Crippen molar-refractivity contribution < 1.29 is 19.4 Å². The number of phenols is 1. The zero-order chi connectivity index (χ0) is 24.0. The number of aromatic hydroxyl groups is 1. The Morgan fingerprint density at radius 2 is 1.76 bits per heavy atom.